The van der Waals surface area contributed by atoms with Crippen LogP contribution in [0, 0.1) is 0 Å². The number of nitrogens with zero attached hydrogens (tertiary/aromatic N) is 1. The number of nitrogens with one attached hydrogen (secondary N) is 1. The van der Waals surface area contributed by atoms with Gasteiger partial charge < -0.3 is 10.1 Å². The quantitative estimate of drug-likeness (QED) is 0.696. The molecule has 0 aromatic rings. The molecule has 0 aromatic carbocycles. The second-order valence-electron chi connectivity index (χ2n) is 5.02. The molecule has 1 heterocycles. The Morgan fingerprint density at radius 2 is 2.00 bits per heavy atom. The molecule has 0 radical (unpaired) electrons. The Kier molecular flexibility index (Phi) is 2.66. The summed E-state index contributed by atoms with van der Waals surface area (Å²) in [5, 5.41) is 3.31. The van der Waals surface area contributed by atoms with Crippen LogP contribution in [0.4, 0.5) is 0 Å². The molecule has 0 spiro atoms. The molecule has 80 valence electrons. The average molecular weight is 196 g/mol. The fourth-order valence-corrected chi connectivity index (χ4v) is 2.06. The summed E-state index contributed by atoms with van der Waals surface area (Å²) in [6.45, 7) is 5.01. The minimum absolute atomic E-state index is 0.0630. The predicted octanol–water partition coefficient (Wildman–Crippen LogP) is 2.07. The van der Waals surface area contributed by atoms with Crippen molar-refractivity contribution in [1.29, 1.82) is 0 Å². The summed E-state index contributed by atoms with van der Waals surface area (Å²) < 4.78 is 5.51. The van der Waals surface area contributed by atoms with Crippen LogP contribution in [-0.2, 0) is 4.74 Å². The highest BCUT2D eigenvalue weighted by molar-refractivity contribution is 5.76. The lowest BCUT2D eigenvalue weighted by Crippen LogP contribution is -2.37. The fraction of sp³-hybridized carbons (Fsp3) is 0.909. The van der Waals surface area contributed by atoms with Crippen molar-refractivity contribution < 1.29 is 4.74 Å². The van der Waals surface area contributed by atoms with Crippen LogP contribution in [0.1, 0.15) is 46.0 Å². The van der Waals surface area contributed by atoms with Gasteiger partial charge in [0.2, 0.25) is 0 Å². The standard InChI is InChI=1S/C11H20N2O/c1-11(2)8-14-10(13-11)12-9-6-4-3-5-7-9/h9H,3-8H2,1-2H3,(H,12,13). The van der Waals surface area contributed by atoms with Gasteiger partial charge in [-0.05, 0) is 26.7 Å². The van der Waals surface area contributed by atoms with Gasteiger partial charge in [-0.15, -0.1) is 0 Å². The summed E-state index contributed by atoms with van der Waals surface area (Å²) in [5.41, 5.74) is 0.0630. The van der Waals surface area contributed by atoms with Crippen LogP contribution in [0.3, 0.4) is 0 Å². The summed E-state index contributed by atoms with van der Waals surface area (Å²) >= 11 is 0. The van der Waals surface area contributed by atoms with Crippen LogP contribution < -0.4 is 5.32 Å². The van der Waals surface area contributed by atoms with E-state index in [4.69, 9.17) is 4.74 Å². The van der Waals surface area contributed by atoms with Gasteiger partial charge >= 0.3 is 0 Å². The van der Waals surface area contributed by atoms with Gasteiger partial charge in [0.25, 0.3) is 6.02 Å². The van der Waals surface area contributed by atoms with Crippen LogP contribution >= 0.6 is 0 Å². The topological polar surface area (TPSA) is 33.6 Å². The van der Waals surface area contributed by atoms with Crippen LogP contribution in [0.2, 0.25) is 0 Å². The average Bonchev–Trinajstić information content (AvgIpc) is 2.47. The van der Waals surface area contributed by atoms with E-state index in [1.54, 1.807) is 0 Å². The van der Waals surface area contributed by atoms with E-state index in [2.05, 4.69) is 24.2 Å². The normalized spacial score (nSPS) is 30.0. The van der Waals surface area contributed by atoms with E-state index in [1.807, 2.05) is 0 Å². The third-order valence-corrected chi connectivity index (χ3v) is 2.89. The Morgan fingerprint density at radius 1 is 1.29 bits per heavy atom. The summed E-state index contributed by atoms with van der Waals surface area (Å²) in [6.07, 6.45) is 6.49. The van der Waals surface area contributed by atoms with Gasteiger partial charge in [0.15, 0.2) is 0 Å². The maximum absolute atomic E-state index is 5.51. The molecule has 1 aliphatic heterocycles. The third-order valence-electron chi connectivity index (χ3n) is 2.89. The molecule has 0 atom stereocenters. The lowest BCUT2D eigenvalue weighted by atomic mass is 9.96. The lowest BCUT2D eigenvalue weighted by molar-refractivity contribution is 0.285. The molecule has 2 aliphatic rings. The van der Waals surface area contributed by atoms with Crippen molar-refractivity contribution in [2.45, 2.75) is 57.5 Å². The van der Waals surface area contributed by atoms with E-state index in [1.165, 1.54) is 32.1 Å². The van der Waals surface area contributed by atoms with Gasteiger partial charge in [0.05, 0.1) is 11.6 Å². The van der Waals surface area contributed by atoms with E-state index >= 15 is 0 Å². The van der Waals surface area contributed by atoms with Crippen molar-refractivity contribution in [3.63, 3.8) is 0 Å². The first-order valence-electron chi connectivity index (χ1n) is 5.64. The number of rotatable bonds is 1. The van der Waals surface area contributed by atoms with E-state index in [0.29, 0.717) is 6.04 Å². The highest BCUT2D eigenvalue weighted by Crippen LogP contribution is 2.21. The zero-order chi connectivity index (χ0) is 10.0. The van der Waals surface area contributed by atoms with Gasteiger partial charge in [0, 0.05) is 0 Å². The molecule has 0 amide bonds. The van der Waals surface area contributed by atoms with Crippen LogP contribution in [0.25, 0.3) is 0 Å². The van der Waals surface area contributed by atoms with Crippen molar-refractivity contribution >= 4 is 6.02 Å². The van der Waals surface area contributed by atoms with Gasteiger partial charge in [-0.1, -0.05) is 19.3 Å². The first kappa shape index (κ1) is 9.81. The van der Waals surface area contributed by atoms with Crippen LogP contribution in [0.5, 0.6) is 0 Å². The summed E-state index contributed by atoms with van der Waals surface area (Å²) in [7, 11) is 0. The monoisotopic (exact) mass is 196 g/mol. The number of aliphatic imine (C=N–C) groups is 1. The highest BCUT2D eigenvalue weighted by atomic mass is 16.5. The minimum Gasteiger partial charge on any atom is -0.463 e. The van der Waals surface area contributed by atoms with Gasteiger partial charge in [-0.25, -0.2) is 4.99 Å². The Balaban J connectivity index is 1.91. The zero-order valence-electron chi connectivity index (χ0n) is 9.18. The van der Waals surface area contributed by atoms with Gasteiger partial charge in [-0.2, -0.15) is 0 Å². The van der Waals surface area contributed by atoms with Crippen molar-refractivity contribution in [2.75, 3.05) is 6.61 Å². The molecule has 1 saturated heterocycles. The van der Waals surface area contributed by atoms with Crippen molar-refractivity contribution in [3.05, 3.63) is 0 Å². The molecule has 2 fully saturated rings. The molecule has 2 rings (SSSR count). The van der Waals surface area contributed by atoms with Crippen LogP contribution in [0.15, 0.2) is 4.99 Å². The SMILES string of the molecule is CC1(C)COC(=NC2CCCCC2)N1. The molecule has 1 saturated carbocycles. The lowest BCUT2D eigenvalue weighted by Gasteiger charge is -2.18. The molecule has 0 bridgehead atoms. The Hall–Kier alpha value is -0.730. The summed E-state index contributed by atoms with van der Waals surface area (Å²) in [4.78, 5) is 4.61. The fourth-order valence-electron chi connectivity index (χ4n) is 2.06. The second-order valence-corrected chi connectivity index (χ2v) is 5.02. The highest BCUT2D eigenvalue weighted by Gasteiger charge is 2.29. The molecule has 1 aliphatic carbocycles. The number of amidine groups is 1. The van der Waals surface area contributed by atoms with E-state index < -0.39 is 0 Å². The van der Waals surface area contributed by atoms with Crippen molar-refractivity contribution in [3.8, 4) is 0 Å². The molecule has 1 N–H and O–H groups in total. The first-order chi connectivity index (χ1) is 6.66. The second kappa shape index (κ2) is 3.79. The number of hydrogen-bond acceptors (Lipinski definition) is 2. The molecule has 0 aromatic heterocycles. The Labute approximate surface area is 85.9 Å². The molecule has 0 unspecified atom stereocenters. The zero-order valence-corrected chi connectivity index (χ0v) is 9.18. The van der Waals surface area contributed by atoms with E-state index in [9.17, 15) is 0 Å². The van der Waals surface area contributed by atoms with E-state index in [0.717, 1.165) is 12.6 Å². The maximum atomic E-state index is 5.51. The molecule has 3 nitrogen and oxygen atoms in total. The van der Waals surface area contributed by atoms with Crippen LogP contribution in [-0.4, -0.2) is 24.2 Å². The predicted molar refractivity (Wildman–Crippen MR) is 57.5 cm³/mol. The smallest absolute Gasteiger partial charge is 0.285 e. The van der Waals surface area contributed by atoms with E-state index in [-0.39, 0.29) is 5.54 Å². The minimum atomic E-state index is 0.0630. The largest absolute Gasteiger partial charge is 0.463 e. The summed E-state index contributed by atoms with van der Waals surface area (Å²) in [5.74, 6) is 0. The first-order valence-corrected chi connectivity index (χ1v) is 5.64. The number of hydrogen-bond donors (Lipinski definition) is 1. The molecule has 14 heavy (non-hydrogen) atoms. The van der Waals surface area contributed by atoms with Crippen molar-refractivity contribution in [2.24, 2.45) is 4.99 Å². The maximum Gasteiger partial charge on any atom is 0.285 e. The van der Waals surface area contributed by atoms with Crippen molar-refractivity contribution in [1.82, 2.24) is 5.32 Å². The Bertz CT molecular complexity index is 229. The van der Waals surface area contributed by atoms with Gasteiger partial charge in [-0.3, -0.25) is 0 Å². The van der Waals surface area contributed by atoms with Gasteiger partial charge in [0.1, 0.15) is 6.61 Å². The molecular formula is C11H20N2O. The third kappa shape index (κ3) is 2.40. The molecule has 3 heteroatoms. The number of ether oxygens (including phenoxy) is 1. The summed E-state index contributed by atoms with van der Waals surface area (Å²) in [6, 6.07) is 1.27. The Morgan fingerprint density at radius 3 is 2.57 bits per heavy atom. The molecular weight excluding hydrogens is 176 g/mol.